The first-order valence-corrected chi connectivity index (χ1v) is 7.53. The lowest BCUT2D eigenvalue weighted by atomic mass is 10.1. The summed E-state index contributed by atoms with van der Waals surface area (Å²) >= 11 is 2.77. The fraction of sp³-hybridized carbons (Fsp3) is 0.214. The molecule has 25 heavy (non-hydrogen) atoms. The van der Waals surface area contributed by atoms with Crippen molar-refractivity contribution < 1.29 is 35.9 Å². The summed E-state index contributed by atoms with van der Waals surface area (Å²) < 4.78 is 81.3. The average molecular weight is 429 g/mol. The zero-order chi connectivity index (χ0) is 18.8. The molecule has 0 saturated carbocycles. The number of carbonyl (C=O) groups excluding carboxylic acids is 1. The second-order valence-electron chi connectivity index (χ2n) is 4.58. The van der Waals surface area contributed by atoms with Gasteiger partial charge in [-0.25, -0.2) is 9.97 Å². The summed E-state index contributed by atoms with van der Waals surface area (Å²) in [6.07, 6.45) is -8.86. The smallest absolute Gasteiger partial charge is 0.434 e. The van der Waals surface area contributed by atoms with E-state index >= 15 is 0 Å². The molecule has 2 aromatic rings. The van der Waals surface area contributed by atoms with Crippen LogP contribution < -0.4 is 4.74 Å². The van der Waals surface area contributed by atoms with E-state index in [2.05, 4.69) is 25.9 Å². The van der Waals surface area contributed by atoms with Gasteiger partial charge in [0.1, 0.15) is 11.4 Å². The predicted octanol–water partition coefficient (Wildman–Crippen LogP) is 4.88. The zero-order valence-electron chi connectivity index (χ0n) is 12.0. The van der Waals surface area contributed by atoms with E-state index in [0.717, 1.165) is 18.2 Å². The third-order valence-electron chi connectivity index (χ3n) is 2.81. The van der Waals surface area contributed by atoms with Crippen LogP contribution in [-0.4, -0.2) is 21.1 Å². The standard InChI is InChI=1S/C14H7BrF6N2O2/c15-5-9(24)8-2-4-11(23-12(8)14(19,20)21)25-7-1-3-10(22-6-7)13(16,17)18/h1-4,6H,5H2. The Labute approximate surface area is 145 Å². The van der Waals surface area contributed by atoms with Crippen LogP contribution in [0.2, 0.25) is 0 Å². The summed E-state index contributed by atoms with van der Waals surface area (Å²) in [6, 6.07) is 3.39. The highest BCUT2D eigenvalue weighted by molar-refractivity contribution is 9.09. The molecule has 2 heterocycles. The lowest BCUT2D eigenvalue weighted by molar-refractivity contribution is -0.142. The van der Waals surface area contributed by atoms with Gasteiger partial charge in [0.2, 0.25) is 5.88 Å². The van der Waals surface area contributed by atoms with Gasteiger partial charge in [0.25, 0.3) is 0 Å². The minimum Gasteiger partial charge on any atom is -0.437 e. The lowest BCUT2D eigenvalue weighted by Crippen LogP contribution is -2.16. The Morgan fingerprint density at radius 3 is 2.20 bits per heavy atom. The maximum absolute atomic E-state index is 13.0. The fourth-order valence-corrected chi connectivity index (χ4v) is 2.04. The minimum atomic E-state index is -4.91. The Balaban J connectivity index is 2.33. The van der Waals surface area contributed by atoms with Crippen LogP contribution in [0.3, 0.4) is 0 Å². The van der Waals surface area contributed by atoms with Crippen molar-refractivity contribution in [2.24, 2.45) is 0 Å². The van der Waals surface area contributed by atoms with Crippen molar-refractivity contribution in [2.45, 2.75) is 12.4 Å². The van der Waals surface area contributed by atoms with Gasteiger partial charge in [-0.15, -0.1) is 0 Å². The van der Waals surface area contributed by atoms with Gasteiger partial charge in [0, 0.05) is 11.6 Å². The second-order valence-corrected chi connectivity index (χ2v) is 5.14. The first kappa shape index (κ1) is 19.2. The lowest BCUT2D eigenvalue weighted by Gasteiger charge is -2.13. The molecule has 4 nitrogen and oxygen atoms in total. The van der Waals surface area contributed by atoms with Crippen molar-refractivity contribution in [1.82, 2.24) is 9.97 Å². The molecule has 0 bridgehead atoms. The Bertz CT molecular complexity index is 774. The molecule has 0 aliphatic heterocycles. The van der Waals surface area contributed by atoms with Gasteiger partial charge in [-0.1, -0.05) is 15.9 Å². The van der Waals surface area contributed by atoms with Gasteiger partial charge in [-0.2, -0.15) is 26.3 Å². The molecule has 0 aromatic carbocycles. The number of carbonyl (C=O) groups is 1. The van der Waals surface area contributed by atoms with Crippen LogP contribution in [0.15, 0.2) is 30.5 Å². The van der Waals surface area contributed by atoms with E-state index < -0.39 is 41.0 Å². The molecule has 0 N–H and O–H groups in total. The van der Waals surface area contributed by atoms with Crippen LogP contribution in [0.1, 0.15) is 21.7 Å². The number of Topliss-reactive ketones (excluding diaryl/α,β-unsaturated/α-hetero) is 1. The SMILES string of the molecule is O=C(CBr)c1ccc(Oc2ccc(C(F)(F)F)nc2)nc1C(F)(F)F. The van der Waals surface area contributed by atoms with Crippen LogP contribution in [0.25, 0.3) is 0 Å². The van der Waals surface area contributed by atoms with E-state index in [1.165, 1.54) is 0 Å². The predicted molar refractivity (Wildman–Crippen MR) is 76.7 cm³/mol. The molecule has 0 unspecified atom stereocenters. The first-order valence-electron chi connectivity index (χ1n) is 6.41. The van der Waals surface area contributed by atoms with Crippen LogP contribution in [0.5, 0.6) is 11.6 Å². The van der Waals surface area contributed by atoms with E-state index in [4.69, 9.17) is 4.74 Å². The second kappa shape index (κ2) is 6.98. The number of pyridine rings is 2. The van der Waals surface area contributed by atoms with E-state index in [9.17, 15) is 31.1 Å². The Morgan fingerprint density at radius 2 is 1.72 bits per heavy atom. The van der Waals surface area contributed by atoms with Gasteiger partial charge in [-0.3, -0.25) is 4.79 Å². The molecule has 0 amide bonds. The number of hydrogen-bond donors (Lipinski definition) is 0. The van der Waals surface area contributed by atoms with Crippen molar-refractivity contribution in [2.75, 3.05) is 5.33 Å². The molecule has 0 aliphatic rings. The molecule has 0 spiro atoms. The number of alkyl halides is 7. The van der Waals surface area contributed by atoms with Crippen LogP contribution in [-0.2, 0) is 12.4 Å². The number of ether oxygens (including phenoxy) is 1. The monoisotopic (exact) mass is 428 g/mol. The van der Waals surface area contributed by atoms with Crippen LogP contribution >= 0.6 is 15.9 Å². The number of hydrogen-bond acceptors (Lipinski definition) is 4. The van der Waals surface area contributed by atoms with Crippen molar-refractivity contribution in [3.05, 3.63) is 47.4 Å². The molecule has 134 valence electrons. The van der Waals surface area contributed by atoms with Gasteiger partial charge >= 0.3 is 12.4 Å². The summed E-state index contributed by atoms with van der Waals surface area (Å²) in [4.78, 5) is 17.9. The highest BCUT2D eigenvalue weighted by Crippen LogP contribution is 2.34. The molecule has 0 fully saturated rings. The summed E-state index contributed by atoms with van der Waals surface area (Å²) in [5.74, 6) is -1.62. The van der Waals surface area contributed by atoms with E-state index in [1.54, 1.807) is 0 Å². The molecule has 2 aromatic heterocycles. The number of nitrogens with zero attached hydrogens (tertiary/aromatic N) is 2. The number of rotatable bonds is 4. The van der Waals surface area contributed by atoms with Crippen molar-refractivity contribution in [1.29, 1.82) is 0 Å². The molecule has 0 atom stereocenters. The fourth-order valence-electron chi connectivity index (χ4n) is 1.74. The van der Waals surface area contributed by atoms with Crippen molar-refractivity contribution in [3.8, 4) is 11.6 Å². The number of ketones is 1. The molecule has 11 heteroatoms. The van der Waals surface area contributed by atoms with Gasteiger partial charge in [0.15, 0.2) is 11.5 Å². The topological polar surface area (TPSA) is 52.1 Å². The molecule has 0 saturated heterocycles. The summed E-state index contributed by atoms with van der Waals surface area (Å²) in [6.45, 7) is 0. The van der Waals surface area contributed by atoms with E-state index in [1.807, 2.05) is 0 Å². The van der Waals surface area contributed by atoms with Crippen molar-refractivity contribution in [3.63, 3.8) is 0 Å². The average Bonchev–Trinajstić information content (AvgIpc) is 2.53. The third kappa shape index (κ3) is 4.68. The van der Waals surface area contributed by atoms with Gasteiger partial charge in [0.05, 0.1) is 11.5 Å². The minimum absolute atomic E-state index is 0.242. The highest BCUT2D eigenvalue weighted by Gasteiger charge is 2.37. The zero-order valence-corrected chi connectivity index (χ0v) is 13.5. The largest absolute Gasteiger partial charge is 0.437 e. The van der Waals surface area contributed by atoms with E-state index in [-0.39, 0.29) is 11.1 Å². The third-order valence-corrected chi connectivity index (χ3v) is 3.32. The number of halogens is 7. The maximum atomic E-state index is 13.0. The van der Waals surface area contributed by atoms with Crippen LogP contribution in [0.4, 0.5) is 26.3 Å². The quantitative estimate of drug-likeness (QED) is 0.395. The first-order chi connectivity index (χ1) is 11.5. The van der Waals surface area contributed by atoms with Crippen LogP contribution in [0, 0.1) is 0 Å². The van der Waals surface area contributed by atoms with Gasteiger partial charge < -0.3 is 4.74 Å². The molecule has 2 rings (SSSR count). The van der Waals surface area contributed by atoms with Crippen molar-refractivity contribution >= 4 is 21.7 Å². The number of aromatic nitrogens is 2. The summed E-state index contributed by atoms with van der Waals surface area (Å²) in [5.41, 5.74) is -3.28. The molecular formula is C14H7BrF6N2O2. The highest BCUT2D eigenvalue weighted by atomic mass is 79.9. The maximum Gasteiger partial charge on any atom is 0.434 e. The summed E-state index contributed by atoms with van der Waals surface area (Å²) in [7, 11) is 0. The normalized spacial score (nSPS) is 12.1. The molecule has 0 radical (unpaired) electrons. The molecule has 0 aliphatic carbocycles. The van der Waals surface area contributed by atoms with E-state index in [0.29, 0.717) is 12.3 Å². The Morgan fingerprint density at radius 1 is 1.04 bits per heavy atom. The summed E-state index contributed by atoms with van der Waals surface area (Å²) in [5, 5.41) is -0.333. The Hall–Kier alpha value is -2.17. The Kier molecular flexibility index (Phi) is 5.35. The molecular weight excluding hydrogens is 422 g/mol. The van der Waals surface area contributed by atoms with Gasteiger partial charge in [-0.05, 0) is 18.2 Å².